The number of rotatable bonds is 5. The van der Waals surface area contributed by atoms with Gasteiger partial charge in [-0.05, 0) is 37.1 Å². The molecule has 2 heterocycles. The highest BCUT2D eigenvalue weighted by Crippen LogP contribution is 2.23. The number of anilines is 1. The van der Waals surface area contributed by atoms with Gasteiger partial charge >= 0.3 is 0 Å². The van der Waals surface area contributed by atoms with Gasteiger partial charge in [0.25, 0.3) is 5.91 Å². The van der Waals surface area contributed by atoms with Gasteiger partial charge in [0.1, 0.15) is 6.04 Å². The van der Waals surface area contributed by atoms with E-state index < -0.39 is 23.8 Å². The van der Waals surface area contributed by atoms with E-state index in [2.05, 4.69) is 10.2 Å². The molecule has 2 aliphatic heterocycles. The van der Waals surface area contributed by atoms with E-state index in [1.165, 1.54) is 0 Å². The molecule has 0 aliphatic carbocycles. The Morgan fingerprint density at radius 1 is 1.18 bits per heavy atom. The van der Waals surface area contributed by atoms with Crippen molar-refractivity contribution >= 4 is 36.2 Å². The van der Waals surface area contributed by atoms with E-state index in [0.29, 0.717) is 43.7 Å². The summed E-state index contributed by atoms with van der Waals surface area (Å²) in [5, 5.41) is 2.16. The number of carbonyl (C=O) groups excluding carboxylic acids is 5. The molecule has 3 rings (SSSR count). The van der Waals surface area contributed by atoms with Crippen molar-refractivity contribution in [1.29, 1.82) is 0 Å². The van der Waals surface area contributed by atoms with Crippen LogP contribution in [0.15, 0.2) is 18.2 Å². The lowest BCUT2D eigenvalue weighted by atomic mass is 10.0. The summed E-state index contributed by atoms with van der Waals surface area (Å²) in [6.07, 6.45) is 1.38. The van der Waals surface area contributed by atoms with Gasteiger partial charge in [-0.1, -0.05) is 0 Å². The first-order chi connectivity index (χ1) is 13.4. The quantitative estimate of drug-likeness (QED) is 0.549. The molecule has 0 bridgehead atoms. The van der Waals surface area contributed by atoms with Crippen LogP contribution in [0.2, 0.25) is 0 Å². The van der Waals surface area contributed by atoms with Crippen molar-refractivity contribution in [2.24, 2.45) is 0 Å². The number of benzene rings is 1. The Labute approximate surface area is 162 Å². The Balaban J connectivity index is 1.76. The molecule has 1 atom stereocenters. The van der Waals surface area contributed by atoms with Gasteiger partial charge in [-0.25, -0.2) is 0 Å². The first kappa shape index (κ1) is 19.5. The van der Waals surface area contributed by atoms with Gasteiger partial charge in [0.05, 0.1) is 0 Å². The topological polar surface area (TPSA) is 107 Å². The van der Waals surface area contributed by atoms with Crippen LogP contribution in [-0.4, -0.2) is 72.6 Å². The van der Waals surface area contributed by atoms with Gasteiger partial charge < -0.3 is 9.80 Å². The molecule has 0 spiro atoms. The molecule has 1 N–H and O–H groups in total. The summed E-state index contributed by atoms with van der Waals surface area (Å²) < 4.78 is 0. The second kappa shape index (κ2) is 8.20. The molecule has 9 nitrogen and oxygen atoms in total. The highest BCUT2D eigenvalue weighted by Gasteiger charge is 2.35. The Morgan fingerprint density at radius 2 is 1.89 bits per heavy atom. The Morgan fingerprint density at radius 3 is 2.46 bits per heavy atom. The second-order valence-electron chi connectivity index (χ2n) is 6.91. The number of piperazine rings is 1. The standard InChI is InChI=1S/C19H22N4O5/c1-13-10-14(22-8-6-21(11-24)7-9-22)2-3-15(13)19(28)23(12-25)16-4-5-17(26)20-18(16)27/h2-3,10-12,16H,4-9H2,1H3,(H,20,26,27). The largest absolute Gasteiger partial charge is 0.368 e. The average Bonchev–Trinajstić information content (AvgIpc) is 2.70. The fraction of sp³-hybridized carbons (Fsp3) is 0.421. The minimum absolute atomic E-state index is 0.0821. The first-order valence-electron chi connectivity index (χ1n) is 9.11. The zero-order valence-corrected chi connectivity index (χ0v) is 15.6. The molecule has 2 fully saturated rings. The molecule has 1 aromatic carbocycles. The summed E-state index contributed by atoms with van der Waals surface area (Å²) in [7, 11) is 0. The molecule has 1 aromatic rings. The van der Waals surface area contributed by atoms with E-state index in [0.717, 1.165) is 17.0 Å². The lowest BCUT2D eigenvalue weighted by Gasteiger charge is -2.34. The van der Waals surface area contributed by atoms with Gasteiger partial charge in [-0.2, -0.15) is 0 Å². The lowest BCUT2D eigenvalue weighted by molar-refractivity contribution is -0.139. The molecule has 2 aliphatic rings. The molecular formula is C19H22N4O5. The summed E-state index contributed by atoms with van der Waals surface area (Å²) in [5.74, 6) is -1.62. The van der Waals surface area contributed by atoms with E-state index >= 15 is 0 Å². The minimum atomic E-state index is -0.988. The highest BCUT2D eigenvalue weighted by molar-refractivity contribution is 6.07. The fourth-order valence-corrected chi connectivity index (χ4v) is 3.52. The summed E-state index contributed by atoms with van der Waals surface area (Å²) in [5.41, 5.74) is 1.93. The molecule has 5 amide bonds. The molecule has 0 radical (unpaired) electrons. The van der Waals surface area contributed by atoms with Gasteiger partial charge in [0.2, 0.25) is 24.6 Å². The van der Waals surface area contributed by atoms with Gasteiger partial charge in [-0.15, -0.1) is 0 Å². The highest BCUT2D eigenvalue weighted by atomic mass is 16.2. The van der Waals surface area contributed by atoms with Crippen LogP contribution in [-0.2, 0) is 19.2 Å². The fourth-order valence-electron chi connectivity index (χ4n) is 3.52. The molecule has 28 heavy (non-hydrogen) atoms. The van der Waals surface area contributed by atoms with Crippen molar-refractivity contribution in [1.82, 2.24) is 15.1 Å². The third-order valence-electron chi connectivity index (χ3n) is 5.16. The van der Waals surface area contributed by atoms with Crippen LogP contribution in [0.1, 0.15) is 28.8 Å². The number of carbonyl (C=O) groups is 5. The summed E-state index contributed by atoms with van der Waals surface area (Å²) in [6.45, 7) is 4.44. The molecule has 0 saturated carbocycles. The predicted octanol–water partition coefficient (Wildman–Crippen LogP) is -0.323. The smallest absolute Gasteiger partial charge is 0.261 e. The van der Waals surface area contributed by atoms with Gasteiger partial charge in [0.15, 0.2) is 0 Å². The number of aryl methyl sites for hydroxylation is 1. The molecule has 9 heteroatoms. The SMILES string of the molecule is Cc1cc(N2CCN(C=O)CC2)ccc1C(=O)N(C=O)C1CCC(=O)NC1=O. The number of hydrogen-bond acceptors (Lipinski definition) is 6. The Hall–Kier alpha value is -3.23. The van der Waals surface area contributed by atoms with Crippen molar-refractivity contribution in [3.8, 4) is 0 Å². The van der Waals surface area contributed by atoms with Crippen LogP contribution in [0.4, 0.5) is 5.69 Å². The van der Waals surface area contributed by atoms with E-state index in [-0.39, 0.29) is 12.8 Å². The van der Waals surface area contributed by atoms with E-state index in [9.17, 15) is 24.0 Å². The van der Waals surface area contributed by atoms with Gasteiger partial charge in [0, 0.05) is 43.9 Å². The van der Waals surface area contributed by atoms with Gasteiger partial charge in [-0.3, -0.25) is 34.2 Å². The number of amides is 5. The lowest BCUT2D eigenvalue weighted by Crippen LogP contribution is -2.53. The van der Waals surface area contributed by atoms with Crippen molar-refractivity contribution in [2.45, 2.75) is 25.8 Å². The zero-order valence-electron chi connectivity index (χ0n) is 15.6. The maximum absolute atomic E-state index is 12.9. The number of nitrogens with one attached hydrogen (secondary N) is 1. The zero-order chi connectivity index (χ0) is 20.3. The minimum Gasteiger partial charge on any atom is -0.368 e. The predicted molar refractivity (Wildman–Crippen MR) is 99.4 cm³/mol. The summed E-state index contributed by atoms with van der Waals surface area (Å²) in [6, 6.07) is 4.31. The van der Waals surface area contributed by atoms with Crippen LogP contribution in [0.5, 0.6) is 0 Å². The third kappa shape index (κ3) is 3.88. The number of hydrogen-bond donors (Lipinski definition) is 1. The van der Waals surface area contributed by atoms with Crippen LogP contribution in [0, 0.1) is 6.92 Å². The monoisotopic (exact) mass is 386 g/mol. The molecule has 1 unspecified atom stereocenters. The maximum atomic E-state index is 12.9. The van der Waals surface area contributed by atoms with Crippen LogP contribution >= 0.6 is 0 Å². The van der Waals surface area contributed by atoms with Crippen molar-refractivity contribution < 1.29 is 24.0 Å². The normalized spacial score (nSPS) is 19.8. The molecular weight excluding hydrogens is 364 g/mol. The average molecular weight is 386 g/mol. The number of piperidine rings is 1. The summed E-state index contributed by atoms with van der Waals surface area (Å²) in [4.78, 5) is 63.2. The second-order valence-corrected chi connectivity index (χ2v) is 6.91. The van der Waals surface area contributed by atoms with E-state index in [4.69, 9.17) is 0 Å². The molecule has 148 valence electrons. The molecule has 2 saturated heterocycles. The van der Waals surface area contributed by atoms with Crippen LogP contribution in [0.3, 0.4) is 0 Å². The number of imide groups is 2. The van der Waals surface area contributed by atoms with Crippen molar-refractivity contribution in [3.63, 3.8) is 0 Å². The summed E-state index contributed by atoms with van der Waals surface area (Å²) >= 11 is 0. The first-order valence-corrected chi connectivity index (χ1v) is 9.11. The van der Waals surface area contributed by atoms with E-state index in [1.54, 1.807) is 24.0 Å². The Kier molecular flexibility index (Phi) is 5.72. The van der Waals surface area contributed by atoms with Crippen molar-refractivity contribution in [2.75, 3.05) is 31.1 Å². The van der Waals surface area contributed by atoms with E-state index in [1.807, 2.05) is 6.07 Å². The van der Waals surface area contributed by atoms with Crippen LogP contribution < -0.4 is 10.2 Å². The van der Waals surface area contributed by atoms with Crippen molar-refractivity contribution in [3.05, 3.63) is 29.3 Å². The maximum Gasteiger partial charge on any atom is 0.261 e. The third-order valence-corrected chi connectivity index (χ3v) is 5.16. The van der Waals surface area contributed by atoms with Crippen LogP contribution in [0.25, 0.3) is 0 Å². The molecule has 0 aromatic heterocycles. The Bertz CT molecular complexity index is 817. The number of nitrogens with zero attached hydrogens (tertiary/aromatic N) is 3.